The zero-order valence-electron chi connectivity index (χ0n) is 17.1. The van der Waals surface area contributed by atoms with Gasteiger partial charge in [0, 0.05) is 41.4 Å². The molecule has 8 nitrogen and oxygen atoms in total. The number of nitrogens with one attached hydrogen (secondary N) is 2. The number of rotatable bonds is 5. The van der Waals surface area contributed by atoms with Gasteiger partial charge in [0.15, 0.2) is 11.5 Å². The van der Waals surface area contributed by atoms with Crippen LogP contribution in [0.15, 0.2) is 59.4 Å². The van der Waals surface area contributed by atoms with Gasteiger partial charge in [0.1, 0.15) is 5.69 Å². The SMILES string of the molecule is C[C@@H](OC(=O)c1cc(=O)c2ccccc2[nH]1)C(=O)Nc1ccc(N2CCOCC2)cc1. The number of nitrogens with zero attached hydrogens (tertiary/aromatic N) is 1. The summed E-state index contributed by atoms with van der Waals surface area (Å²) in [5.74, 6) is -1.23. The Morgan fingerprint density at radius 2 is 1.81 bits per heavy atom. The second-order valence-corrected chi connectivity index (χ2v) is 7.28. The first kappa shape index (κ1) is 20.6. The number of benzene rings is 2. The van der Waals surface area contributed by atoms with Crippen LogP contribution in [-0.2, 0) is 14.3 Å². The van der Waals surface area contributed by atoms with Crippen LogP contribution < -0.4 is 15.6 Å². The Balaban J connectivity index is 1.38. The van der Waals surface area contributed by atoms with E-state index >= 15 is 0 Å². The molecule has 0 spiro atoms. The summed E-state index contributed by atoms with van der Waals surface area (Å²) in [6.07, 6.45) is -1.04. The average molecular weight is 421 g/mol. The Bertz CT molecular complexity index is 1150. The molecule has 0 bridgehead atoms. The summed E-state index contributed by atoms with van der Waals surface area (Å²) >= 11 is 0. The number of pyridine rings is 1. The lowest BCUT2D eigenvalue weighted by molar-refractivity contribution is -0.123. The number of fused-ring (bicyclic) bond motifs is 1. The normalized spacial score (nSPS) is 14.8. The number of morpholine rings is 1. The molecule has 2 N–H and O–H groups in total. The van der Waals surface area contributed by atoms with Crippen LogP contribution in [0, 0.1) is 0 Å². The molecule has 1 aliphatic rings. The third-order valence-corrected chi connectivity index (χ3v) is 5.12. The maximum atomic E-state index is 12.5. The molecule has 160 valence electrons. The molecule has 1 fully saturated rings. The number of anilines is 2. The summed E-state index contributed by atoms with van der Waals surface area (Å²) in [6, 6.07) is 15.5. The number of hydrogen-bond donors (Lipinski definition) is 2. The van der Waals surface area contributed by atoms with Crippen LogP contribution in [-0.4, -0.2) is 49.3 Å². The van der Waals surface area contributed by atoms with Crippen molar-refractivity contribution in [1.29, 1.82) is 0 Å². The number of para-hydroxylation sites is 1. The minimum Gasteiger partial charge on any atom is -0.448 e. The van der Waals surface area contributed by atoms with Crippen LogP contribution >= 0.6 is 0 Å². The number of amides is 1. The minimum absolute atomic E-state index is 0.00165. The molecule has 8 heteroatoms. The summed E-state index contributed by atoms with van der Waals surface area (Å²) in [4.78, 5) is 42.2. The Kier molecular flexibility index (Phi) is 5.99. The molecular weight excluding hydrogens is 398 g/mol. The third-order valence-electron chi connectivity index (χ3n) is 5.12. The first-order valence-corrected chi connectivity index (χ1v) is 10.1. The molecule has 3 aromatic rings. The van der Waals surface area contributed by atoms with Crippen LogP contribution in [0.25, 0.3) is 10.9 Å². The van der Waals surface area contributed by atoms with E-state index in [2.05, 4.69) is 15.2 Å². The number of esters is 1. The van der Waals surface area contributed by atoms with Gasteiger partial charge in [0.25, 0.3) is 5.91 Å². The summed E-state index contributed by atoms with van der Waals surface area (Å²) in [7, 11) is 0. The highest BCUT2D eigenvalue weighted by Crippen LogP contribution is 2.19. The first-order chi connectivity index (χ1) is 15.0. The lowest BCUT2D eigenvalue weighted by atomic mass is 10.2. The van der Waals surface area contributed by atoms with E-state index < -0.39 is 18.0 Å². The van der Waals surface area contributed by atoms with Crippen molar-refractivity contribution in [3.05, 3.63) is 70.5 Å². The number of aromatic nitrogens is 1. The van der Waals surface area contributed by atoms with Crippen molar-refractivity contribution in [2.24, 2.45) is 0 Å². The molecule has 1 saturated heterocycles. The van der Waals surface area contributed by atoms with Gasteiger partial charge in [-0.05, 0) is 43.3 Å². The van der Waals surface area contributed by atoms with Crippen molar-refractivity contribution in [3.8, 4) is 0 Å². The highest BCUT2D eigenvalue weighted by Gasteiger charge is 2.20. The predicted molar refractivity (Wildman–Crippen MR) is 118 cm³/mol. The highest BCUT2D eigenvalue weighted by atomic mass is 16.5. The first-order valence-electron chi connectivity index (χ1n) is 10.1. The maximum Gasteiger partial charge on any atom is 0.355 e. The zero-order chi connectivity index (χ0) is 21.8. The van der Waals surface area contributed by atoms with E-state index in [1.165, 1.54) is 13.0 Å². The van der Waals surface area contributed by atoms with Gasteiger partial charge in [-0.25, -0.2) is 4.79 Å². The molecule has 0 unspecified atom stereocenters. The molecule has 2 heterocycles. The number of carbonyl (C=O) groups excluding carboxylic acids is 2. The van der Waals surface area contributed by atoms with E-state index in [9.17, 15) is 14.4 Å². The quantitative estimate of drug-likeness (QED) is 0.614. The highest BCUT2D eigenvalue weighted by molar-refractivity contribution is 5.97. The molecular formula is C23H23N3O5. The number of carbonyl (C=O) groups is 2. The molecule has 0 radical (unpaired) electrons. The van der Waals surface area contributed by atoms with E-state index in [0.29, 0.717) is 29.8 Å². The van der Waals surface area contributed by atoms with Gasteiger partial charge >= 0.3 is 5.97 Å². The maximum absolute atomic E-state index is 12.5. The van der Waals surface area contributed by atoms with Crippen molar-refractivity contribution in [2.45, 2.75) is 13.0 Å². The van der Waals surface area contributed by atoms with Gasteiger partial charge in [0.2, 0.25) is 0 Å². The van der Waals surface area contributed by atoms with Gasteiger partial charge in [-0.15, -0.1) is 0 Å². The molecule has 1 amide bonds. The van der Waals surface area contributed by atoms with E-state index in [4.69, 9.17) is 9.47 Å². The van der Waals surface area contributed by atoms with E-state index in [1.807, 2.05) is 12.1 Å². The third kappa shape index (κ3) is 4.75. The van der Waals surface area contributed by atoms with Crippen molar-refractivity contribution in [2.75, 3.05) is 36.5 Å². The molecule has 4 rings (SSSR count). The van der Waals surface area contributed by atoms with Gasteiger partial charge in [-0.2, -0.15) is 0 Å². The molecule has 1 atom stereocenters. The number of H-pyrrole nitrogens is 1. The Hall–Kier alpha value is -3.65. The van der Waals surface area contributed by atoms with Gasteiger partial charge in [-0.3, -0.25) is 9.59 Å². The minimum atomic E-state index is -1.04. The topological polar surface area (TPSA) is 101 Å². The lowest BCUT2D eigenvalue weighted by Crippen LogP contribution is -2.36. The Labute approximate surface area is 178 Å². The molecule has 2 aromatic carbocycles. The molecule has 0 aliphatic carbocycles. The molecule has 1 aromatic heterocycles. The Morgan fingerprint density at radius 1 is 1.10 bits per heavy atom. The molecule has 0 saturated carbocycles. The predicted octanol–water partition coefficient (Wildman–Crippen LogP) is 2.55. The van der Waals surface area contributed by atoms with Crippen molar-refractivity contribution in [1.82, 2.24) is 4.98 Å². The molecule has 1 aliphatic heterocycles. The fourth-order valence-electron chi connectivity index (χ4n) is 3.41. The summed E-state index contributed by atoms with van der Waals surface area (Å²) in [5.41, 5.74) is 1.89. The van der Waals surface area contributed by atoms with Crippen LogP contribution in [0.3, 0.4) is 0 Å². The Morgan fingerprint density at radius 3 is 2.55 bits per heavy atom. The zero-order valence-corrected chi connectivity index (χ0v) is 17.1. The van der Waals surface area contributed by atoms with Crippen LogP contribution in [0.1, 0.15) is 17.4 Å². The lowest BCUT2D eigenvalue weighted by Gasteiger charge is -2.28. The van der Waals surface area contributed by atoms with E-state index in [0.717, 1.165) is 18.8 Å². The number of aromatic amines is 1. The van der Waals surface area contributed by atoms with Crippen molar-refractivity contribution < 1.29 is 19.1 Å². The van der Waals surface area contributed by atoms with Crippen molar-refractivity contribution in [3.63, 3.8) is 0 Å². The fourth-order valence-corrected chi connectivity index (χ4v) is 3.41. The molecule has 31 heavy (non-hydrogen) atoms. The number of ether oxygens (including phenoxy) is 2. The summed E-state index contributed by atoms with van der Waals surface area (Å²) in [5, 5.41) is 3.22. The smallest absolute Gasteiger partial charge is 0.355 e. The van der Waals surface area contributed by atoms with Gasteiger partial charge in [0.05, 0.1) is 13.2 Å². The van der Waals surface area contributed by atoms with Crippen LogP contribution in [0.4, 0.5) is 11.4 Å². The fraction of sp³-hybridized carbons (Fsp3) is 0.261. The van der Waals surface area contributed by atoms with Crippen molar-refractivity contribution >= 4 is 34.2 Å². The van der Waals surface area contributed by atoms with Gasteiger partial charge in [-0.1, -0.05) is 12.1 Å². The van der Waals surface area contributed by atoms with E-state index in [-0.39, 0.29) is 11.1 Å². The second kappa shape index (κ2) is 9.01. The average Bonchev–Trinajstić information content (AvgIpc) is 2.80. The summed E-state index contributed by atoms with van der Waals surface area (Å²) in [6.45, 7) is 4.54. The number of hydrogen-bond acceptors (Lipinski definition) is 6. The standard InChI is InChI=1S/C23H23N3O5/c1-15(31-23(29)20-14-21(27)18-4-2-3-5-19(18)25-20)22(28)24-16-6-8-17(9-7-16)26-10-12-30-13-11-26/h2-9,14-15H,10-13H2,1H3,(H,24,28)(H,25,27)/t15-/m1/s1. The van der Waals surface area contributed by atoms with Gasteiger partial charge < -0.3 is 24.7 Å². The monoisotopic (exact) mass is 421 g/mol. The van der Waals surface area contributed by atoms with Crippen LogP contribution in [0.2, 0.25) is 0 Å². The second-order valence-electron chi connectivity index (χ2n) is 7.28. The van der Waals surface area contributed by atoms with Crippen LogP contribution in [0.5, 0.6) is 0 Å². The summed E-state index contributed by atoms with van der Waals surface area (Å²) < 4.78 is 10.6. The largest absolute Gasteiger partial charge is 0.448 e. The van der Waals surface area contributed by atoms with E-state index in [1.54, 1.807) is 36.4 Å².